The van der Waals surface area contributed by atoms with Crippen LogP contribution in [0.25, 0.3) is 0 Å². The Labute approximate surface area is 124 Å². The maximum absolute atomic E-state index is 11.6. The molecule has 5 nitrogen and oxygen atoms in total. The van der Waals surface area contributed by atoms with Gasteiger partial charge >= 0.3 is 12.0 Å². The highest BCUT2D eigenvalue weighted by atomic mass is 79.9. The number of carboxylic acids is 1. The van der Waals surface area contributed by atoms with Gasteiger partial charge in [0, 0.05) is 11.0 Å². The molecule has 19 heavy (non-hydrogen) atoms. The molecule has 0 atom stereocenters. The fourth-order valence-corrected chi connectivity index (χ4v) is 2.19. The zero-order valence-electron chi connectivity index (χ0n) is 10.4. The Morgan fingerprint density at radius 1 is 1.42 bits per heavy atom. The first-order valence-electron chi connectivity index (χ1n) is 5.61. The second-order valence-electron chi connectivity index (χ2n) is 3.72. The number of hydrogen-bond acceptors (Lipinski definition) is 3. The minimum Gasteiger partial charge on any atom is -0.478 e. The molecule has 0 unspecified atom stereocenters. The number of carbonyl (C=O) groups is 2. The summed E-state index contributed by atoms with van der Waals surface area (Å²) in [5, 5.41) is 14.2. The lowest BCUT2D eigenvalue weighted by molar-refractivity contribution is 0.0698. The predicted molar refractivity (Wildman–Crippen MR) is 81.1 cm³/mol. The molecule has 0 aliphatic heterocycles. The highest BCUT2D eigenvalue weighted by molar-refractivity contribution is 9.10. The predicted octanol–water partition coefficient (Wildman–Crippen LogP) is 3.02. The van der Waals surface area contributed by atoms with Crippen molar-refractivity contribution in [1.29, 1.82) is 0 Å². The van der Waals surface area contributed by atoms with E-state index in [4.69, 9.17) is 5.11 Å². The van der Waals surface area contributed by atoms with E-state index in [-0.39, 0.29) is 11.3 Å². The lowest BCUT2D eigenvalue weighted by Crippen LogP contribution is -2.30. The largest absolute Gasteiger partial charge is 0.478 e. The fraction of sp³-hybridized carbons (Fsp3) is 0.333. The Balaban J connectivity index is 2.62. The van der Waals surface area contributed by atoms with Crippen LogP contribution in [0.1, 0.15) is 16.8 Å². The molecule has 3 N–H and O–H groups in total. The minimum absolute atomic E-state index is 0.0578. The van der Waals surface area contributed by atoms with Gasteiger partial charge in [-0.15, -0.1) is 0 Å². The maximum Gasteiger partial charge on any atom is 0.337 e. The number of nitrogens with one attached hydrogen (secondary N) is 2. The van der Waals surface area contributed by atoms with Crippen molar-refractivity contribution in [3.8, 4) is 0 Å². The molecule has 1 aromatic carbocycles. The van der Waals surface area contributed by atoms with Crippen LogP contribution in [0.2, 0.25) is 0 Å². The van der Waals surface area contributed by atoms with E-state index in [0.717, 1.165) is 12.2 Å². The molecule has 1 rings (SSSR count). The SMILES string of the molecule is CSCCCNC(=O)Nc1cc(Br)ccc1C(=O)O. The number of carbonyl (C=O) groups excluding carboxylic acids is 1. The van der Waals surface area contributed by atoms with Gasteiger partial charge in [-0.3, -0.25) is 0 Å². The number of hydrogen-bond donors (Lipinski definition) is 3. The van der Waals surface area contributed by atoms with Crippen molar-refractivity contribution in [3.63, 3.8) is 0 Å². The lowest BCUT2D eigenvalue weighted by atomic mass is 10.2. The molecule has 2 amide bonds. The number of urea groups is 1. The summed E-state index contributed by atoms with van der Waals surface area (Å²) >= 11 is 4.95. The molecule has 1 aromatic rings. The third kappa shape index (κ3) is 5.52. The molecule has 104 valence electrons. The summed E-state index contributed by atoms with van der Waals surface area (Å²) in [6.07, 6.45) is 2.87. The van der Waals surface area contributed by atoms with Crippen LogP contribution in [0, 0.1) is 0 Å². The summed E-state index contributed by atoms with van der Waals surface area (Å²) in [6, 6.07) is 4.22. The minimum atomic E-state index is -1.08. The van der Waals surface area contributed by atoms with Crippen LogP contribution >= 0.6 is 27.7 Å². The number of aromatic carboxylic acids is 1. The van der Waals surface area contributed by atoms with Crippen molar-refractivity contribution in [1.82, 2.24) is 5.32 Å². The van der Waals surface area contributed by atoms with Gasteiger partial charge in [0.15, 0.2) is 0 Å². The van der Waals surface area contributed by atoms with Crippen molar-refractivity contribution in [2.45, 2.75) is 6.42 Å². The number of amides is 2. The number of rotatable bonds is 6. The summed E-state index contributed by atoms with van der Waals surface area (Å²) in [4.78, 5) is 22.6. The van der Waals surface area contributed by atoms with Crippen LogP contribution < -0.4 is 10.6 Å². The molecule has 0 fully saturated rings. The normalized spacial score (nSPS) is 10.0. The van der Waals surface area contributed by atoms with E-state index in [1.807, 2.05) is 6.26 Å². The van der Waals surface area contributed by atoms with Crippen LogP contribution in [0.3, 0.4) is 0 Å². The third-order valence-corrected chi connectivity index (χ3v) is 3.46. The van der Waals surface area contributed by atoms with Gasteiger partial charge in [-0.1, -0.05) is 15.9 Å². The van der Waals surface area contributed by atoms with Gasteiger partial charge in [0.1, 0.15) is 0 Å². The Morgan fingerprint density at radius 2 is 2.16 bits per heavy atom. The Bertz CT molecular complexity index is 468. The Hall–Kier alpha value is -1.21. The topological polar surface area (TPSA) is 78.4 Å². The first kappa shape index (κ1) is 15.8. The number of benzene rings is 1. The molecular weight excluding hydrogens is 332 g/mol. The first-order chi connectivity index (χ1) is 9.04. The van der Waals surface area contributed by atoms with Crippen molar-refractivity contribution < 1.29 is 14.7 Å². The van der Waals surface area contributed by atoms with E-state index >= 15 is 0 Å². The zero-order chi connectivity index (χ0) is 14.3. The van der Waals surface area contributed by atoms with E-state index in [2.05, 4.69) is 26.6 Å². The molecular formula is C12H15BrN2O3S. The summed E-state index contributed by atoms with van der Waals surface area (Å²) in [6.45, 7) is 0.559. The van der Waals surface area contributed by atoms with E-state index in [9.17, 15) is 9.59 Å². The van der Waals surface area contributed by atoms with Gasteiger partial charge in [0.25, 0.3) is 0 Å². The van der Waals surface area contributed by atoms with Gasteiger partial charge < -0.3 is 15.7 Å². The monoisotopic (exact) mass is 346 g/mol. The molecule has 0 aliphatic rings. The van der Waals surface area contributed by atoms with Crippen LogP contribution in [0.5, 0.6) is 0 Å². The molecule has 7 heteroatoms. The highest BCUT2D eigenvalue weighted by Crippen LogP contribution is 2.21. The van der Waals surface area contributed by atoms with Gasteiger partial charge in [-0.05, 0) is 36.6 Å². The van der Waals surface area contributed by atoms with E-state index in [0.29, 0.717) is 11.0 Å². The summed E-state index contributed by atoms with van der Waals surface area (Å²) in [5.41, 5.74) is 0.326. The zero-order valence-corrected chi connectivity index (χ0v) is 12.8. The summed E-state index contributed by atoms with van der Waals surface area (Å²) in [5.74, 6) is -0.109. The van der Waals surface area contributed by atoms with Crippen molar-refractivity contribution in [2.24, 2.45) is 0 Å². The molecule has 0 aromatic heterocycles. The fourth-order valence-electron chi connectivity index (χ4n) is 1.39. The van der Waals surface area contributed by atoms with Gasteiger partial charge in [0.05, 0.1) is 11.3 Å². The van der Waals surface area contributed by atoms with Crippen LogP contribution in [-0.2, 0) is 0 Å². The van der Waals surface area contributed by atoms with Crippen molar-refractivity contribution in [2.75, 3.05) is 23.9 Å². The van der Waals surface area contributed by atoms with Crippen molar-refractivity contribution >= 4 is 45.4 Å². The molecule has 0 heterocycles. The third-order valence-electron chi connectivity index (χ3n) is 2.27. The van der Waals surface area contributed by atoms with Gasteiger partial charge in [-0.2, -0.15) is 11.8 Å². The number of halogens is 1. The molecule has 0 spiro atoms. The number of thioether (sulfide) groups is 1. The molecule has 0 bridgehead atoms. The number of anilines is 1. The molecule has 0 saturated heterocycles. The van der Waals surface area contributed by atoms with Gasteiger partial charge in [0.2, 0.25) is 0 Å². The number of carboxylic acid groups (broad SMARTS) is 1. The molecule has 0 radical (unpaired) electrons. The van der Waals surface area contributed by atoms with E-state index in [1.54, 1.807) is 23.9 Å². The van der Waals surface area contributed by atoms with E-state index < -0.39 is 12.0 Å². The first-order valence-corrected chi connectivity index (χ1v) is 7.80. The van der Waals surface area contributed by atoms with Gasteiger partial charge in [-0.25, -0.2) is 9.59 Å². The highest BCUT2D eigenvalue weighted by Gasteiger charge is 2.12. The van der Waals surface area contributed by atoms with Crippen LogP contribution in [0.15, 0.2) is 22.7 Å². The smallest absolute Gasteiger partial charge is 0.337 e. The van der Waals surface area contributed by atoms with Crippen LogP contribution in [0.4, 0.5) is 10.5 Å². The lowest BCUT2D eigenvalue weighted by Gasteiger charge is -2.10. The average Bonchev–Trinajstić information content (AvgIpc) is 2.34. The summed E-state index contributed by atoms with van der Waals surface area (Å²) < 4.78 is 0.704. The summed E-state index contributed by atoms with van der Waals surface area (Å²) in [7, 11) is 0. The maximum atomic E-state index is 11.6. The Morgan fingerprint density at radius 3 is 2.79 bits per heavy atom. The van der Waals surface area contributed by atoms with E-state index in [1.165, 1.54) is 6.07 Å². The van der Waals surface area contributed by atoms with Crippen molar-refractivity contribution in [3.05, 3.63) is 28.2 Å². The second-order valence-corrected chi connectivity index (χ2v) is 5.62. The average molecular weight is 347 g/mol. The van der Waals surface area contributed by atoms with Crippen LogP contribution in [-0.4, -0.2) is 35.7 Å². The standard InChI is InChI=1S/C12H15BrN2O3S/c1-19-6-2-5-14-12(18)15-10-7-8(13)3-4-9(10)11(16)17/h3-4,7H,2,5-6H2,1H3,(H,16,17)(H2,14,15,18). The second kappa shape index (κ2) is 8.06. The molecule has 0 aliphatic carbocycles. The molecule has 0 saturated carbocycles. The quantitative estimate of drug-likeness (QED) is 0.691. The Kier molecular flexibility index (Phi) is 6.72.